The summed E-state index contributed by atoms with van der Waals surface area (Å²) in [6, 6.07) is 30.1. The number of hydrogen-bond donors (Lipinski definition) is 1. The zero-order valence-electron chi connectivity index (χ0n) is 25.3. The summed E-state index contributed by atoms with van der Waals surface area (Å²) < 4.78 is 18.1. The second kappa shape index (κ2) is 13.6. The summed E-state index contributed by atoms with van der Waals surface area (Å²) in [4.78, 5) is 29.3. The third kappa shape index (κ3) is 6.27. The first-order chi connectivity index (χ1) is 23.4. The Bertz CT molecular complexity index is 2160. The number of carbonyl (C=O) groups excluding carboxylic acids is 2. The average molecular weight is 696 g/mol. The molecule has 1 N–H and O–H groups in total. The van der Waals surface area contributed by atoms with Gasteiger partial charge in [-0.25, -0.2) is 0 Å². The first-order valence-corrected chi connectivity index (χ1v) is 16.9. The summed E-state index contributed by atoms with van der Waals surface area (Å²) in [7, 11) is 1.51. The summed E-state index contributed by atoms with van der Waals surface area (Å²) in [5.74, 6) is -0.602. The zero-order chi connectivity index (χ0) is 33.2. The van der Waals surface area contributed by atoms with Crippen LogP contribution in [-0.2, 0) is 17.2 Å². The van der Waals surface area contributed by atoms with Gasteiger partial charge in [0.1, 0.15) is 12.4 Å². The second-order valence-corrected chi connectivity index (χ2v) is 13.4. The Balaban J connectivity index is 1.24. The number of ketones is 1. The number of methoxy groups -OCH3 is 1. The van der Waals surface area contributed by atoms with Crippen molar-refractivity contribution in [3.05, 3.63) is 142 Å². The van der Waals surface area contributed by atoms with Gasteiger partial charge in [0.2, 0.25) is 10.9 Å². The summed E-state index contributed by atoms with van der Waals surface area (Å²) in [6.45, 7) is 0.315. The highest BCUT2D eigenvalue weighted by molar-refractivity contribution is 8.00. The van der Waals surface area contributed by atoms with Crippen molar-refractivity contribution in [3.8, 4) is 11.5 Å². The van der Waals surface area contributed by atoms with Crippen LogP contribution in [0.15, 0.2) is 123 Å². The molecule has 240 valence electrons. The molecule has 3 heterocycles. The number of thioether (sulfide) groups is 1. The Labute approximate surface area is 288 Å². The van der Waals surface area contributed by atoms with Crippen LogP contribution in [0.25, 0.3) is 11.0 Å². The molecule has 0 saturated heterocycles. The highest BCUT2D eigenvalue weighted by Gasteiger charge is 2.47. The van der Waals surface area contributed by atoms with Crippen molar-refractivity contribution in [2.45, 2.75) is 22.7 Å². The van der Waals surface area contributed by atoms with Crippen LogP contribution in [-0.4, -0.2) is 34.1 Å². The van der Waals surface area contributed by atoms with Crippen molar-refractivity contribution in [1.29, 1.82) is 0 Å². The highest BCUT2D eigenvalue weighted by Crippen LogP contribution is 2.45. The van der Waals surface area contributed by atoms with E-state index in [1.807, 2.05) is 54.6 Å². The number of rotatable bonds is 11. The number of fused-ring (bicyclic) bond motifs is 1. The third-order valence-electron chi connectivity index (χ3n) is 7.70. The molecule has 0 spiro atoms. The molecule has 1 aliphatic heterocycles. The van der Waals surface area contributed by atoms with Crippen molar-refractivity contribution < 1.29 is 28.6 Å². The Morgan fingerprint density at radius 1 is 0.979 bits per heavy atom. The zero-order valence-corrected chi connectivity index (χ0v) is 27.7. The van der Waals surface area contributed by atoms with Gasteiger partial charge in [-0.1, -0.05) is 101 Å². The lowest BCUT2D eigenvalue weighted by atomic mass is 9.95. The number of aliphatic hydroxyl groups is 1. The lowest BCUT2D eigenvalue weighted by Gasteiger charge is -2.24. The molecular weight excluding hydrogens is 670 g/mol. The largest absolute Gasteiger partial charge is 0.503 e. The molecular formula is C36H26ClN3O6S2. The van der Waals surface area contributed by atoms with Crippen LogP contribution < -0.4 is 14.4 Å². The Morgan fingerprint density at radius 3 is 2.56 bits per heavy atom. The summed E-state index contributed by atoms with van der Waals surface area (Å²) in [6.07, 6.45) is 0. The number of Topliss-reactive ketones (excluding diaryl/α,β-unsaturated/α-hetero) is 1. The van der Waals surface area contributed by atoms with Crippen LogP contribution in [0.4, 0.5) is 5.13 Å². The van der Waals surface area contributed by atoms with Gasteiger partial charge < -0.3 is 19.0 Å². The minimum Gasteiger partial charge on any atom is -0.503 e. The summed E-state index contributed by atoms with van der Waals surface area (Å²) in [5.41, 5.74) is 2.78. The maximum Gasteiger partial charge on any atom is 0.296 e. The molecule has 9 nitrogen and oxygen atoms in total. The number of aliphatic hydroxyl groups excluding tert-OH is 1. The average Bonchev–Trinajstić information content (AvgIpc) is 3.84. The SMILES string of the molecule is COc1cccc2cc(C(=O)C3=C(O)C(=O)N(c4nnc(SCc5ccc(Cl)cc5)s4)C3c3cccc(OCc4ccccc4)c3)oc12. The number of ether oxygens (including phenoxy) is 2. The highest BCUT2D eigenvalue weighted by atomic mass is 35.5. The Hall–Kier alpha value is -5.10. The van der Waals surface area contributed by atoms with E-state index in [9.17, 15) is 14.7 Å². The van der Waals surface area contributed by atoms with Gasteiger partial charge in [-0.15, -0.1) is 10.2 Å². The third-order valence-corrected chi connectivity index (χ3v) is 10.1. The number of benzene rings is 4. The molecule has 0 bridgehead atoms. The van der Waals surface area contributed by atoms with Crippen LogP contribution in [0.1, 0.15) is 33.3 Å². The standard InChI is InChI=1S/C36H26ClN3O6S2/c1-44-27-12-6-10-24-18-28(46-33(24)27)31(41)29-30(23-9-5-11-26(17-23)45-19-21-7-3-2-4-8-21)40(34(43)32(29)42)35-38-39-36(48-35)47-20-22-13-15-25(37)16-14-22/h2-18,30,42H,19-20H2,1H3. The van der Waals surface area contributed by atoms with Crippen molar-refractivity contribution >= 4 is 62.5 Å². The number of amides is 1. The van der Waals surface area contributed by atoms with E-state index in [0.717, 1.165) is 11.1 Å². The lowest BCUT2D eigenvalue weighted by molar-refractivity contribution is -0.117. The molecule has 48 heavy (non-hydrogen) atoms. The summed E-state index contributed by atoms with van der Waals surface area (Å²) in [5, 5.41) is 21.5. The fourth-order valence-corrected chi connectivity index (χ4v) is 7.34. The molecule has 1 amide bonds. The van der Waals surface area contributed by atoms with Crippen LogP contribution in [0.3, 0.4) is 0 Å². The summed E-state index contributed by atoms with van der Waals surface area (Å²) >= 11 is 8.66. The predicted octanol–water partition coefficient (Wildman–Crippen LogP) is 8.60. The molecule has 1 aliphatic rings. The maximum absolute atomic E-state index is 14.2. The molecule has 1 atom stereocenters. The Morgan fingerprint density at radius 2 is 1.77 bits per heavy atom. The normalized spacial score (nSPS) is 14.6. The van der Waals surface area contributed by atoms with Crippen molar-refractivity contribution in [2.24, 2.45) is 0 Å². The molecule has 0 radical (unpaired) electrons. The topological polar surface area (TPSA) is 115 Å². The molecule has 0 saturated carbocycles. The molecule has 12 heteroatoms. The van der Waals surface area contributed by atoms with Gasteiger partial charge in [0.05, 0.1) is 18.7 Å². The van der Waals surface area contributed by atoms with E-state index in [1.54, 1.807) is 48.5 Å². The molecule has 1 unspecified atom stereocenters. The number of nitrogens with zero attached hydrogens (tertiary/aromatic N) is 3. The lowest BCUT2D eigenvalue weighted by Crippen LogP contribution is -2.31. The minimum atomic E-state index is -1.05. The minimum absolute atomic E-state index is 0.0522. The number of para-hydroxylation sites is 1. The number of furan rings is 1. The molecule has 2 aromatic heterocycles. The number of halogens is 1. The molecule has 6 aromatic rings. The fourth-order valence-electron chi connectivity index (χ4n) is 5.39. The quantitative estimate of drug-likeness (QED) is 0.0808. The first kappa shape index (κ1) is 31.5. The van der Waals surface area contributed by atoms with E-state index >= 15 is 0 Å². The van der Waals surface area contributed by atoms with Crippen molar-refractivity contribution in [2.75, 3.05) is 12.0 Å². The van der Waals surface area contributed by atoms with Gasteiger partial charge in [0.25, 0.3) is 5.91 Å². The van der Waals surface area contributed by atoms with Gasteiger partial charge in [-0.05, 0) is 53.1 Å². The van der Waals surface area contributed by atoms with Gasteiger partial charge >= 0.3 is 0 Å². The van der Waals surface area contributed by atoms with Gasteiger partial charge in [0, 0.05) is 16.2 Å². The predicted molar refractivity (Wildman–Crippen MR) is 185 cm³/mol. The van der Waals surface area contributed by atoms with Gasteiger partial charge in [0.15, 0.2) is 27.2 Å². The first-order valence-electron chi connectivity index (χ1n) is 14.7. The van der Waals surface area contributed by atoms with Crippen molar-refractivity contribution in [1.82, 2.24) is 10.2 Å². The van der Waals surface area contributed by atoms with E-state index < -0.39 is 23.5 Å². The van der Waals surface area contributed by atoms with Crippen LogP contribution in [0.2, 0.25) is 5.02 Å². The monoisotopic (exact) mass is 695 g/mol. The molecule has 4 aromatic carbocycles. The van der Waals surface area contributed by atoms with E-state index in [-0.39, 0.29) is 16.5 Å². The maximum atomic E-state index is 14.2. The van der Waals surface area contributed by atoms with E-state index in [4.69, 9.17) is 25.5 Å². The fraction of sp³-hybridized carbons (Fsp3) is 0.111. The van der Waals surface area contributed by atoms with Gasteiger partial charge in [-0.2, -0.15) is 0 Å². The van der Waals surface area contributed by atoms with Crippen LogP contribution >= 0.6 is 34.7 Å². The number of anilines is 1. The van der Waals surface area contributed by atoms with Crippen LogP contribution in [0.5, 0.6) is 11.5 Å². The van der Waals surface area contributed by atoms with E-state index in [2.05, 4.69) is 10.2 Å². The molecule has 0 fully saturated rings. The van der Waals surface area contributed by atoms with Crippen LogP contribution in [0, 0.1) is 0 Å². The number of hydrogen-bond acceptors (Lipinski definition) is 10. The second-order valence-electron chi connectivity index (χ2n) is 10.8. The number of carbonyl (C=O) groups is 2. The van der Waals surface area contributed by atoms with Gasteiger partial charge in [-0.3, -0.25) is 14.5 Å². The smallest absolute Gasteiger partial charge is 0.296 e. The number of aromatic nitrogens is 2. The van der Waals surface area contributed by atoms with E-state index in [0.29, 0.717) is 49.8 Å². The molecule has 0 aliphatic carbocycles. The van der Waals surface area contributed by atoms with Crippen molar-refractivity contribution in [3.63, 3.8) is 0 Å². The van der Waals surface area contributed by atoms with E-state index in [1.165, 1.54) is 35.1 Å². The Kier molecular flexibility index (Phi) is 8.90. The molecule has 7 rings (SSSR count).